The molecular formula is C15H15NO3S2. The van der Waals surface area contributed by atoms with Gasteiger partial charge in [0.05, 0.1) is 4.91 Å². The van der Waals surface area contributed by atoms with Gasteiger partial charge in [0, 0.05) is 0 Å². The van der Waals surface area contributed by atoms with Crippen molar-refractivity contribution < 1.29 is 14.7 Å². The summed E-state index contributed by atoms with van der Waals surface area (Å²) in [5.41, 5.74) is 2.00. The molecule has 0 bridgehead atoms. The zero-order valence-corrected chi connectivity index (χ0v) is 13.3. The first-order valence-corrected chi connectivity index (χ1v) is 7.73. The molecule has 1 amide bonds. The molecule has 21 heavy (non-hydrogen) atoms. The van der Waals surface area contributed by atoms with Crippen molar-refractivity contribution in [3.8, 4) is 0 Å². The summed E-state index contributed by atoms with van der Waals surface area (Å²) < 4.78 is 0.299. The molecule has 0 aliphatic carbocycles. The number of hydrogen-bond donors (Lipinski definition) is 1. The van der Waals surface area contributed by atoms with Crippen LogP contribution < -0.4 is 0 Å². The van der Waals surface area contributed by atoms with Crippen LogP contribution >= 0.6 is 24.0 Å². The first kappa shape index (κ1) is 15.7. The Labute approximate surface area is 132 Å². The topological polar surface area (TPSA) is 57.6 Å². The van der Waals surface area contributed by atoms with E-state index in [1.165, 1.54) is 4.90 Å². The van der Waals surface area contributed by atoms with Crippen LogP contribution in [0, 0.1) is 6.92 Å². The fraction of sp³-hybridized carbons (Fsp3) is 0.267. The van der Waals surface area contributed by atoms with Crippen LogP contribution in [0.4, 0.5) is 0 Å². The molecule has 0 unspecified atom stereocenters. The SMILES string of the molecule is CC[C@@H](C(=O)O)N1C(=O)/C(=C/c2cccc(C)c2)SC1=S. The number of aryl methyl sites for hydroxylation is 1. The molecule has 1 aromatic rings. The van der Waals surface area contributed by atoms with Crippen LogP contribution in [0.3, 0.4) is 0 Å². The summed E-state index contributed by atoms with van der Waals surface area (Å²) in [7, 11) is 0. The van der Waals surface area contributed by atoms with Crippen molar-refractivity contribution in [2.24, 2.45) is 0 Å². The minimum absolute atomic E-state index is 0.299. The van der Waals surface area contributed by atoms with Gasteiger partial charge in [-0.2, -0.15) is 0 Å². The van der Waals surface area contributed by atoms with Crippen LogP contribution in [-0.4, -0.2) is 32.2 Å². The maximum Gasteiger partial charge on any atom is 0.326 e. The molecule has 0 spiro atoms. The molecule has 0 aromatic heterocycles. The monoisotopic (exact) mass is 321 g/mol. The van der Waals surface area contributed by atoms with Crippen molar-refractivity contribution in [1.29, 1.82) is 0 Å². The van der Waals surface area contributed by atoms with Gasteiger partial charge in [0.15, 0.2) is 0 Å². The third-order valence-corrected chi connectivity index (χ3v) is 4.48. The Hall–Kier alpha value is -1.66. The molecule has 1 atom stereocenters. The summed E-state index contributed by atoms with van der Waals surface area (Å²) in [4.78, 5) is 25.3. The first-order valence-electron chi connectivity index (χ1n) is 6.50. The van der Waals surface area contributed by atoms with Crippen molar-refractivity contribution in [2.75, 3.05) is 0 Å². The van der Waals surface area contributed by atoms with E-state index in [9.17, 15) is 14.7 Å². The maximum atomic E-state index is 12.4. The van der Waals surface area contributed by atoms with Gasteiger partial charge in [-0.25, -0.2) is 4.79 Å². The van der Waals surface area contributed by atoms with E-state index in [0.717, 1.165) is 22.9 Å². The van der Waals surface area contributed by atoms with Gasteiger partial charge >= 0.3 is 5.97 Å². The third kappa shape index (κ3) is 3.33. The highest BCUT2D eigenvalue weighted by Gasteiger charge is 2.39. The number of nitrogens with zero attached hydrogens (tertiary/aromatic N) is 1. The number of carbonyl (C=O) groups excluding carboxylic acids is 1. The van der Waals surface area contributed by atoms with Crippen LogP contribution in [0.5, 0.6) is 0 Å². The highest BCUT2D eigenvalue weighted by atomic mass is 32.2. The first-order chi connectivity index (χ1) is 9.93. The Morgan fingerprint density at radius 1 is 1.52 bits per heavy atom. The van der Waals surface area contributed by atoms with E-state index in [-0.39, 0.29) is 5.91 Å². The minimum Gasteiger partial charge on any atom is -0.480 e. The quantitative estimate of drug-likeness (QED) is 0.682. The summed E-state index contributed by atoms with van der Waals surface area (Å²) in [6.45, 7) is 3.70. The number of rotatable bonds is 4. The Balaban J connectivity index is 2.31. The summed E-state index contributed by atoms with van der Waals surface area (Å²) in [5.74, 6) is -1.37. The van der Waals surface area contributed by atoms with Crippen LogP contribution in [0.1, 0.15) is 24.5 Å². The number of amides is 1. The number of hydrogen-bond acceptors (Lipinski definition) is 4. The zero-order valence-electron chi connectivity index (χ0n) is 11.7. The fourth-order valence-corrected chi connectivity index (χ4v) is 3.48. The summed E-state index contributed by atoms with van der Waals surface area (Å²) >= 11 is 6.31. The number of aliphatic carboxylic acids is 1. The van der Waals surface area contributed by atoms with Gasteiger partial charge in [-0.3, -0.25) is 9.69 Å². The van der Waals surface area contributed by atoms with Gasteiger partial charge in [0.25, 0.3) is 5.91 Å². The molecule has 2 rings (SSSR count). The molecule has 110 valence electrons. The molecule has 0 radical (unpaired) electrons. The normalized spacial score (nSPS) is 18.4. The molecule has 0 saturated carbocycles. The van der Waals surface area contributed by atoms with Crippen molar-refractivity contribution >= 4 is 46.3 Å². The predicted octanol–water partition coefficient (Wildman–Crippen LogP) is 3.06. The van der Waals surface area contributed by atoms with E-state index in [1.807, 2.05) is 31.2 Å². The second-order valence-corrected chi connectivity index (χ2v) is 6.40. The highest BCUT2D eigenvalue weighted by Crippen LogP contribution is 2.34. The lowest BCUT2D eigenvalue weighted by Crippen LogP contribution is -2.43. The van der Waals surface area contributed by atoms with Crippen LogP contribution in [-0.2, 0) is 9.59 Å². The molecule has 1 heterocycles. The second kappa shape index (κ2) is 6.41. The van der Waals surface area contributed by atoms with Gasteiger partial charge in [0.2, 0.25) is 0 Å². The van der Waals surface area contributed by atoms with Crippen molar-refractivity contribution in [1.82, 2.24) is 4.90 Å². The minimum atomic E-state index is -1.04. The van der Waals surface area contributed by atoms with Crippen molar-refractivity contribution in [3.63, 3.8) is 0 Å². The Bertz CT molecular complexity index is 640. The zero-order chi connectivity index (χ0) is 15.6. The molecule has 1 aromatic carbocycles. The number of carbonyl (C=O) groups is 2. The largest absolute Gasteiger partial charge is 0.480 e. The lowest BCUT2D eigenvalue weighted by atomic mass is 10.1. The van der Waals surface area contributed by atoms with E-state index in [1.54, 1.807) is 13.0 Å². The molecule has 1 aliphatic rings. The molecule has 1 saturated heterocycles. The van der Waals surface area contributed by atoms with E-state index < -0.39 is 12.0 Å². The van der Waals surface area contributed by atoms with Gasteiger partial charge in [0.1, 0.15) is 10.4 Å². The third-order valence-electron chi connectivity index (χ3n) is 3.15. The van der Waals surface area contributed by atoms with Crippen LogP contribution in [0.15, 0.2) is 29.2 Å². The lowest BCUT2D eigenvalue weighted by molar-refractivity contribution is -0.145. The number of thiocarbonyl (C=S) groups is 1. The Morgan fingerprint density at radius 2 is 2.24 bits per heavy atom. The highest BCUT2D eigenvalue weighted by molar-refractivity contribution is 8.26. The average Bonchev–Trinajstić information content (AvgIpc) is 2.67. The lowest BCUT2D eigenvalue weighted by Gasteiger charge is -2.21. The molecule has 4 nitrogen and oxygen atoms in total. The van der Waals surface area contributed by atoms with Crippen LogP contribution in [0.2, 0.25) is 0 Å². The predicted molar refractivity (Wildman–Crippen MR) is 87.9 cm³/mol. The fourth-order valence-electron chi connectivity index (χ4n) is 2.13. The van der Waals surface area contributed by atoms with E-state index in [4.69, 9.17) is 12.2 Å². The summed E-state index contributed by atoms with van der Waals surface area (Å²) in [6, 6.07) is 6.84. The van der Waals surface area contributed by atoms with Crippen LogP contribution in [0.25, 0.3) is 6.08 Å². The van der Waals surface area contributed by atoms with Gasteiger partial charge in [-0.15, -0.1) is 0 Å². The Morgan fingerprint density at radius 3 is 2.81 bits per heavy atom. The molecule has 1 fully saturated rings. The molecule has 1 aliphatic heterocycles. The molecule has 6 heteroatoms. The molecular weight excluding hydrogens is 306 g/mol. The van der Waals surface area contributed by atoms with Gasteiger partial charge < -0.3 is 5.11 Å². The smallest absolute Gasteiger partial charge is 0.326 e. The van der Waals surface area contributed by atoms with Gasteiger partial charge in [-0.1, -0.05) is 60.7 Å². The van der Waals surface area contributed by atoms with E-state index >= 15 is 0 Å². The molecule has 1 N–H and O–H groups in total. The Kier molecular flexibility index (Phi) is 4.80. The number of carboxylic acid groups (broad SMARTS) is 1. The number of thioether (sulfide) groups is 1. The number of benzene rings is 1. The standard InChI is InChI=1S/C15H15NO3S2/c1-3-11(14(18)19)16-13(17)12(21-15(16)20)8-10-6-4-5-9(2)7-10/h4-8,11H,3H2,1-2H3,(H,18,19)/b12-8-/t11-/m0/s1. The summed E-state index contributed by atoms with van der Waals surface area (Å²) in [6.07, 6.45) is 2.07. The number of carboxylic acids is 1. The van der Waals surface area contributed by atoms with Crippen molar-refractivity contribution in [3.05, 3.63) is 40.3 Å². The summed E-state index contributed by atoms with van der Waals surface area (Å²) in [5, 5.41) is 9.20. The average molecular weight is 321 g/mol. The maximum absolute atomic E-state index is 12.4. The van der Waals surface area contributed by atoms with Crippen molar-refractivity contribution in [2.45, 2.75) is 26.3 Å². The van der Waals surface area contributed by atoms with Gasteiger partial charge in [-0.05, 0) is 25.0 Å². The second-order valence-electron chi connectivity index (χ2n) is 4.73. The van der Waals surface area contributed by atoms with E-state index in [2.05, 4.69) is 0 Å². The van der Waals surface area contributed by atoms with E-state index in [0.29, 0.717) is 15.6 Å².